The van der Waals surface area contributed by atoms with Crippen LogP contribution in [0.1, 0.15) is 27.0 Å². The normalized spacial score (nSPS) is 10.4. The van der Waals surface area contributed by atoms with Gasteiger partial charge in [0, 0.05) is 0 Å². The number of hydrogen-bond acceptors (Lipinski definition) is 2. The monoisotopic (exact) mass is 316 g/mol. The van der Waals surface area contributed by atoms with E-state index in [9.17, 15) is 4.79 Å². The molecule has 0 spiro atoms. The molecule has 0 aliphatic carbocycles. The Morgan fingerprint density at radius 1 is 0.875 bits per heavy atom. The maximum absolute atomic E-state index is 12.6. The summed E-state index contributed by atoms with van der Waals surface area (Å²) in [6.07, 6.45) is 0. The Labute approximate surface area is 142 Å². The molecule has 2 nitrogen and oxygen atoms in total. The molecule has 0 heterocycles. The number of carbonyl (C=O) groups excluding carboxylic acids is 1. The van der Waals surface area contributed by atoms with Gasteiger partial charge in [0.05, 0.1) is 5.56 Å². The zero-order valence-electron chi connectivity index (χ0n) is 14.0. The molecule has 0 fully saturated rings. The fourth-order valence-electron chi connectivity index (χ4n) is 2.71. The minimum atomic E-state index is -0.296. The summed E-state index contributed by atoms with van der Waals surface area (Å²) in [5, 5.41) is 0. The third-order valence-corrected chi connectivity index (χ3v) is 4.10. The maximum Gasteiger partial charge on any atom is 0.339 e. The summed E-state index contributed by atoms with van der Waals surface area (Å²) in [4.78, 5) is 12.6. The topological polar surface area (TPSA) is 26.3 Å². The lowest BCUT2D eigenvalue weighted by Gasteiger charge is -2.11. The summed E-state index contributed by atoms with van der Waals surface area (Å²) >= 11 is 0. The summed E-state index contributed by atoms with van der Waals surface area (Å²) in [6.45, 7) is 4.35. The van der Waals surface area contributed by atoms with Crippen LogP contribution in [0.2, 0.25) is 0 Å². The largest absolute Gasteiger partial charge is 0.457 e. The highest BCUT2D eigenvalue weighted by Crippen LogP contribution is 2.24. The lowest BCUT2D eigenvalue weighted by Crippen LogP contribution is -2.07. The molecule has 0 atom stereocenters. The molecule has 0 N–H and O–H groups in total. The molecule has 120 valence electrons. The van der Waals surface area contributed by atoms with Crippen LogP contribution in [-0.4, -0.2) is 5.97 Å². The first-order valence-corrected chi connectivity index (χ1v) is 8.03. The molecule has 0 bridgehead atoms. The Morgan fingerprint density at radius 2 is 1.58 bits per heavy atom. The number of hydrogen-bond donors (Lipinski definition) is 0. The van der Waals surface area contributed by atoms with Crippen LogP contribution in [0.25, 0.3) is 11.1 Å². The third kappa shape index (κ3) is 3.54. The summed E-state index contributed by atoms with van der Waals surface area (Å²) in [5.74, 6) is -0.296. The van der Waals surface area contributed by atoms with Gasteiger partial charge in [-0.05, 0) is 42.2 Å². The number of esters is 1. The van der Waals surface area contributed by atoms with E-state index in [0.29, 0.717) is 5.56 Å². The fourth-order valence-corrected chi connectivity index (χ4v) is 2.71. The highest BCUT2D eigenvalue weighted by molar-refractivity contribution is 5.97. The second-order valence-corrected chi connectivity index (χ2v) is 5.92. The predicted molar refractivity (Wildman–Crippen MR) is 96.9 cm³/mol. The van der Waals surface area contributed by atoms with Gasteiger partial charge >= 0.3 is 5.97 Å². The van der Waals surface area contributed by atoms with Crippen LogP contribution >= 0.6 is 0 Å². The van der Waals surface area contributed by atoms with E-state index in [1.54, 1.807) is 0 Å². The quantitative estimate of drug-likeness (QED) is 0.608. The van der Waals surface area contributed by atoms with Crippen molar-refractivity contribution in [3.63, 3.8) is 0 Å². The molecule has 24 heavy (non-hydrogen) atoms. The van der Waals surface area contributed by atoms with E-state index < -0.39 is 0 Å². The van der Waals surface area contributed by atoms with Crippen LogP contribution in [-0.2, 0) is 11.3 Å². The Hall–Kier alpha value is -2.87. The van der Waals surface area contributed by atoms with Crippen molar-refractivity contribution < 1.29 is 9.53 Å². The van der Waals surface area contributed by atoms with Crippen molar-refractivity contribution in [1.82, 2.24) is 0 Å². The minimum Gasteiger partial charge on any atom is -0.457 e. The molecule has 3 aromatic rings. The second-order valence-electron chi connectivity index (χ2n) is 5.92. The Balaban J connectivity index is 1.82. The van der Waals surface area contributed by atoms with Gasteiger partial charge in [0.2, 0.25) is 0 Å². The molecule has 0 radical (unpaired) electrons. The smallest absolute Gasteiger partial charge is 0.339 e. The van der Waals surface area contributed by atoms with Gasteiger partial charge in [-0.2, -0.15) is 0 Å². The van der Waals surface area contributed by atoms with Gasteiger partial charge in [0.25, 0.3) is 0 Å². The van der Waals surface area contributed by atoms with Crippen molar-refractivity contribution >= 4 is 5.97 Å². The van der Waals surface area contributed by atoms with Crippen molar-refractivity contribution in [1.29, 1.82) is 0 Å². The predicted octanol–water partition coefficient (Wildman–Crippen LogP) is 5.33. The molecule has 2 heteroatoms. The summed E-state index contributed by atoms with van der Waals surface area (Å²) < 4.78 is 5.57. The van der Waals surface area contributed by atoms with Crippen LogP contribution in [0.15, 0.2) is 72.8 Å². The van der Waals surface area contributed by atoms with E-state index in [1.165, 1.54) is 0 Å². The maximum atomic E-state index is 12.6. The van der Waals surface area contributed by atoms with Crippen molar-refractivity contribution in [3.8, 4) is 11.1 Å². The van der Waals surface area contributed by atoms with Gasteiger partial charge in [-0.1, -0.05) is 72.3 Å². The van der Waals surface area contributed by atoms with E-state index in [2.05, 4.69) is 18.2 Å². The van der Waals surface area contributed by atoms with E-state index in [4.69, 9.17) is 4.74 Å². The molecular weight excluding hydrogens is 296 g/mol. The standard InChI is InChI=1S/C22H20O2/c1-16-12-13-17(2)19(14-16)15-24-22(23)21-11-7-6-10-20(21)18-8-4-3-5-9-18/h3-14H,15H2,1-2H3. The number of rotatable bonds is 4. The third-order valence-electron chi connectivity index (χ3n) is 4.10. The van der Waals surface area contributed by atoms with E-state index in [0.717, 1.165) is 27.8 Å². The van der Waals surface area contributed by atoms with Crippen LogP contribution in [0.4, 0.5) is 0 Å². The summed E-state index contributed by atoms with van der Waals surface area (Å²) in [7, 11) is 0. The molecule has 0 aliphatic rings. The average Bonchev–Trinajstić information content (AvgIpc) is 2.63. The molecular formula is C22H20O2. The number of benzene rings is 3. The molecule has 0 amide bonds. The van der Waals surface area contributed by atoms with Crippen molar-refractivity contribution in [2.45, 2.75) is 20.5 Å². The lowest BCUT2D eigenvalue weighted by molar-refractivity contribution is 0.0473. The van der Waals surface area contributed by atoms with E-state index in [-0.39, 0.29) is 12.6 Å². The second kappa shape index (κ2) is 7.14. The number of ether oxygens (including phenoxy) is 1. The van der Waals surface area contributed by atoms with Crippen LogP contribution < -0.4 is 0 Å². The zero-order chi connectivity index (χ0) is 16.9. The first-order chi connectivity index (χ1) is 11.6. The van der Waals surface area contributed by atoms with Gasteiger partial charge in [0.15, 0.2) is 0 Å². The molecule has 0 aromatic heterocycles. The number of aryl methyl sites for hydroxylation is 2. The highest BCUT2D eigenvalue weighted by atomic mass is 16.5. The van der Waals surface area contributed by atoms with Crippen molar-refractivity contribution in [2.75, 3.05) is 0 Å². The lowest BCUT2D eigenvalue weighted by atomic mass is 10.00. The molecule has 0 saturated heterocycles. The number of carbonyl (C=O) groups is 1. The highest BCUT2D eigenvalue weighted by Gasteiger charge is 2.14. The Morgan fingerprint density at radius 3 is 2.38 bits per heavy atom. The molecule has 3 rings (SSSR count). The Bertz CT molecular complexity index is 851. The zero-order valence-corrected chi connectivity index (χ0v) is 14.0. The van der Waals surface area contributed by atoms with Crippen LogP contribution in [0.5, 0.6) is 0 Å². The van der Waals surface area contributed by atoms with Gasteiger partial charge in [-0.3, -0.25) is 0 Å². The van der Waals surface area contributed by atoms with E-state index >= 15 is 0 Å². The summed E-state index contributed by atoms with van der Waals surface area (Å²) in [6, 6.07) is 23.6. The van der Waals surface area contributed by atoms with Gasteiger partial charge in [-0.15, -0.1) is 0 Å². The fraction of sp³-hybridized carbons (Fsp3) is 0.136. The molecule has 3 aromatic carbocycles. The minimum absolute atomic E-state index is 0.287. The first kappa shape index (κ1) is 16.0. The van der Waals surface area contributed by atoms with Gasteiger partial charge in [-0.25, -0.2) is 4.79 Å². The van der Waals surface area contributed by atoms with Gasteiger partial charge < -0.3 is 4.74 Å². The van der Waals surface area contributed by atoms with Gasteiger partial charge in [0.1, 0.15) is 6.61 Å². The molecule has 0 aliphatic heterocycles. The first-order valence-electron chi connectivity index (χ1n) is 8.03. The van der Waals surface area contributed by atoms with Crippen molar-refractivity contribution in [3.05, 3.63) is 95.1 Å². The molecule has 0 saturated carbocycles. The summed E-state index contributed by atoms with van der Waals surface area (Å²) in [5.41, 5.74) is 5.83. The average molecular weight is 316 g/mol. The van der Waals surface area contributed by atoms with Crippen LogP contribution in [0.3, 0.4) is 0 Å². The molecule has 0 unspecified atom stereocenters. The van der Waals surface area contributed by atoms with E-state index in [1.807, 2.05) is 68.4 Å². The van der Waals surface area contributed by atoms with Crippen LogP contribution in [0, 0.1) is 13.8 Å². The SMILES string of the molecule is Cc1ccc(C)c(COC(=O)c2ccccc2-c2ccccc2)c1. The van der Waals surface area contributed by atoms with Crippen molar-refractivity contribution in [2.24, 2.45) is 0 Å². The Kier molecular flexibility index (Phi) is 4.76.